The Balaban J connectivity index is 2.55. The van der Waals surface area contributed by atoms with E-state index in [-0.39, 0.29) is 0 Å². The van der Waals surface area contributed by atoms with E-state index in [1.807, 2.05) is 11.9 Å². The molecule has 0 saturated carbocycles. The molecule has 0 aromatic carbocycles. The van der Waals surface area contributed by atoms with E-state index in [1.54, 1.807) is 6.20 Å². The molecule has 1 aromatic rings. The number of hydrogen-bond donors (Lipinski definition) is 1. The fourth-order valence-electron chi connectivity index (χ4n) is 1.05. The van der Waals surface area contributed by atoms with Crippen LogP contribution < -0.4 is 10.2 Å². The van der Waals surface area contributed by atoms with Gasteiger partial charge in [0, 0.05) is 7.05 Å². The molecule has 0 amide bonds. The van der Waals surface area contributed by atoms with Gasteiger partial charge in [0.05, 0.1) is 6.20 Å². The molecule has 0 radical (unpaired) electrons. The summed E-state index contributed by atoms with van der Waals surface area (Å²) in [6, 6.07) is 0. The second kappa shape index (κ2) is 1.95. The quantitative estimate of drug-likeness (QED) is 0.591. The van der Waals surface area contributed by atoms with Gasteiger partial charge in [0.1, 0.15) is 17.8 Å². The summed E-state index contributed by atoms with van der Waals surface area (Å²) in [5.74, 6) is 1.71. The number of aromatic nitrogens is 2. The predicted octanol–water partition coefficient (Wildman–Crippen LogP) is 0.809. The van der Waals surface area contributed by atoms with Crippen molar-refractivity contribution in [2.75, 3.05) is 17.3 Å². The van der Waals surface area contributed by atoms with Gasteiger partial charge in [-0.05, 0) is 0 Å². The molecular formula is C7H8N4. The van der Waals surface area contributed by atoms with Crippen LogP contribution in [0, 0.1) is 0 Å². The predicted molar refractivity (Wildman–Crippen MR) is 43.2 cm³/mol. The van der Waals surface area contributed by atoms with Gasteiger partial charge in [0.2, 0.25) is 0 Å². The fourth-order valence-corrected chi connectivity index (χ4v) is 1.05. The summed E-state index contributed by atoms with van der Waals surface area (Å²) < 4.78 is 0. The lowest BCUT2D eigenvalue weighted by molar-refractivity contribution is 1.09. The van der Waals surface area contributed by atoms with Crippen LogP contribution in [0.3, 0.4) is 0 Å². The minimum absolute atomic E-state index is 0.834. The van der Waals surface area contributed by atoms with Crippen LogP contribution in [0.5, 0.6) is 0 Å². The molecule has 4 heteroatoms. The summed E-state index contributed by atoms with van der Waals surface area (Å²) in [5, 5.41) is 3.05. The van der Waals surface area contributed by atoms with Crippen molar-refractivity contribution in [3.8, 4) is 0 Å². The standard InChI is InChI=1S/C7H8N4/c1-5-10-6-3-8-4-9-7(6)11(5)2/h3-4,10H,1H2,2H3. The van der Waals surface area contributed by atoms with Crippen molar-refractivity contribution in [3.05, 3.63) is 24.9 Å². The molecule has 11 heavy (non-hydrogen) atoms. The van der Waals surface area contributed by atoms with E-state index in [0.29, 0.717) is 0 Å². The molecule has 1 N–H and O–H groups in total. The number of hydrogen-bond acceptors (Lipinski definition) is 4. The van der Waals surface area contributed by atoms with E-state index in [4.69, 9.17) is 0 Å². The molecule has 1 aliphatic heterocycles. The van der Waals surface area contributed by atoms with Crippen LogP contribution in [0.1, 0.15) is 0 Å². The molecule has 2 heterocycles. The van der Waals surface area contributed by atoms with Crippen LogP contribution in [-0.4, -0.2) is 17.0 Å². The maximum atomic E-state index is 4.08. The lowest BCUT2D eigenvalue weighted by atomic mass is 10.5. The summed E-state index contributed by atoms with van der Waals surface area (Å²) in [5.41, 5.74) is 0.917. The van der Waals surface area contributed by atoms with Crippen molar-refractivity contribution in [1.82, 2.24) is 9.97 Å². The summed E-state index contributed by atoms with van der Waals surface area (Å²) in [6.45, 7) is 3.80. The van der Waals surface area contributed by atoms with Gasteiger partial charge in [-0.2, -0.15) is 0 Å². The first-order valence-corrected chi connectivity index (χ1v) is 3.28. The average molecular weight is 148 g/mol. The highest BCUT2D eigenvalue weighted by atomic mass is 15.3. The smallest absolute Gasteiger partial charge is 0.161 e. The molecule has 0 atom stereocenters. The Morgan fingerprint density at radius 2 is 2.45 bits per heavy atom. The first-order chi connectivity index (χ1) is 5.29. The van der Waals surface area contributed by atoms with Crippen LogP contribution in [0.15, 0.2) is 24.9 Å². The van der Waals surface area contributed by atoms with E-state index < -0.39 is 0 Å². The number of rotatable bonds is 0. The summed E-state index contributed by atoms with van der Waals surface area (Å²) in [7, 11) is 1.91. The minimum Gasteiger partial charge on any atom is -0.338 e. The van der Waals surface area contributed by atoms with E-state index in [2.05, 4.69) is 21.9 Å². The second-order valence-electron chi connectivity index (χ2n) is 2.39. The van der Waals surface area contributed by atoms with Crippen molar-refractivity contribution >= 4 is 11.5 Å². The Bertz CT molecular complexity index is 307. The molecule has 4 nitrogen and oxygen atoms in total. The van der Waals surface area contributed by atoms with Gasteiger partial charge in [0.15, 0.2) is 5.82 Å². The summed E-state index contributed by atoms with van der Waals surface area (Å²) >= 11 is 0. The highest BCUT2D eigenvalue weighted by Gasteiger charge is 2.19. The first kappa shape index (κ1) is 6.15. The molecule has 0 aliphatic carbocycles. The van der Waals surface area contributed by atoms with Crippen LogP contribution in [0.25, 0.3) is 0 Å². The highest BCUT2D eigenvalue weighted by molar-refractivity contribution is 5.75. The van der Waals surface area contributed by atoms with E-state index in [1.165, 1.54) is 6.33 Å². The van der Waals surface area contributed by atoms with E-state index in [9.17, 15) is 0 Å². The molecule has 0 saturated heterocycles. The largest absolute Gasteiger partial charge is 0.338 e. The molecule has 2 rings (SSSR count). The maximum Gasteiger partial charge on any atom is 0.161 e. The molecule has 0 spiro atoms. The zero-order valence-electron chi connectivity index (χ0n) is 6.20. The van der Waals surface area contributed by atoms with Gasteiger partial charge in [-0.25, -0.2) is 9.97 Å². The second-order valence-corrected chi connectivity index (χ2v) is 2.39. The Hall–Kier alpha value is -1.58. The van der Waals surface area contributed by atoms with Crippen molar-refractivity contribution in [3.63, 3.8) is 0 Å². The Morgan fingerprint density at radius 1 is 1.64 bits per heavy atom. The molecule has 1 aliphatic rings. The molecule has 1 aromatic heterocycles. The van der Waals surface area contributed by atoms with Crippen LogP contribution in [0.2, 0.25) is 0 Å². The van der Waals surface area contributed by atoms with Crippen LogP contribution >= 0.6 is 0 Å². The Kier molecular flexibility index (Phi) is 1.09. The zero-order chi connectivity index (χ0) is 7.84. The monoisotopic (exact) mass is 148 g/mol. The number of nitrogens with zero attached hydrogens (tertiary/aromatic N) is 3. The van der Waals surface area contributed by atoms with Gasteiger partial charge < -0.3 is 10.2 Å². The summed E-state index contributed by atoms with van der Waals surface area (Å²) in [4.78, 5) is 9.85. The lowest BCUT2D eigenvalue weighted by Gasteiger charge is -2.08. The van der Waals surface area contributed by atoms with Crippen LogP contribution in [-0.2, 0) is 0 Å². The maximum absolute atomic E-state index is 4.08. The van der Waals surface area contributed by atoms with Crippen molar-refractivity contribution in [2.24, 2.45) is 0 Å². The fraction of sp³-hybridized carbons (Fsp3) is 0.143. The zero-order valence-corrected chi connectivity index (χ0v) is 6.20. The SMILES string of the molecule is C=C1Nc2cncnc2N1C. The third-order valence-electron chi connectivity index (χ3n) is 1.69. The van der Waals surface area contributed by atoms with Crippen LogP contribution in [0.4, 0.5) is 11.5 Å². The molecule has 0 fully saturated rings. The normalized spacial score (nSPS) is 14.6. The topological polar surface area (TPSA) is 41.1 Å². The van der Waals surface area contributed by atoms with Crippen molar-refractivity contribution in [2.45, 2.75) is 0 Å². The average Bonchev–Trinajstić information content (AvgIpc) is 2.30. The summed E-state index contributed by atoms with van der Waals surface area (Å²) in [6.07, 6.45) is 3.26. The van der Waals surface area contributed by atoms with Crippen molar-refractivity contribution < 1.29 is 0 Å². The molecular weight excluding hydrogens is 140 g/mol. The highest BCUT2D eigenvalue weighted by Crippen LogP contribution is 2.30. The molecule has 56 valence electrons. The van der Waals surface area contributed by atoms with Gasteiger partial charge in [-0.3, -0.25) is 0 Å². The van der Waals surface area contributed by atoms with Gasteiger partial charge in [0.25, 0.3) is 0 Å². The van der Waals surface area contributed by atoms with E-state index in [0.717, 1.165) is 17.3 Å². The Morgan fingerprint density at radius 3 is 3.18 bits per heavy atom. The number of anilines is 2. The Labute approximate surface area is 64.6 Å². The third kappa shape index (κ3) is 0.756. The van der Waals surface area contributed by atoms with Gasteiger partial charge in [-0.15, -0.1) is 0 Å². The third-order valence-corrected chi connectivity index (χ3v) is 1.69. The van der Waals surface area contributed by atoms with Crippen molar-refractivity contribution in [1.29, 1.82) is 0 Å². The lowest BCUT2D eigenvalue weighted by Crippen LogP contribution is -2.13. The van der Waals surface area contributed by atoms with Gasteiger partial charge in [-0.1, -0.05) is 6.58 Å². The molecule has 0 bridgehead atoms. The van der Waals surface area contributed by atoms with E-state index >= 15 is 0 Å². The number of nitrogens with one attached hydrogen (secondary N) is 1. The first-order valence-electron chi connectivity index (χ1n) is 3.28. The van der Waals surface area contributed by atoms with Gasteiger partial charge >= 0.3 is 0 Å². The minimum atomic E-state index is 0.834. The number of fused-ring (bicyclic) bond motifs is 1. The molecule has 0 unspecified atom stereocenters.